The van der Waals surface area contributed by atoms with Gasteiger partial charge < -0.3 is 19.9 Å². The highest BCUT2D eigenvalue weighted by Crippen LogP contribution is 2.32. The third-order valence-corrected chi connectivity index (χ3v) is 4.79. The summed E-state index contributed by atoms with van der Waals surface area (Å²) < 4.78 is 57.5. The number of nitrogens with zero attached hydrogens (tertiary/aromatic N) is 5. The van der Waals surface area contributed by atoms with Crippen LogP contribution in [0.4, 0.5) is 39.5 Å². The van der Waals surface area contributed by atoms with E-state index in [1.54, 1.807) is 0 Å². The number of aromatic nitrogens is 1. The number of anilines is 2. The molecule has 34 heavy (non-hydrogen) atoms. The lowest BCUT2D eigenvalue weighted by Crippen LogP contribution is -2.50. The Labute approximate surface area is 188 Å². The topological polar surface area (TPSA) is 142 Å². The molecule has 2 amide bonds. The van der Waals surface area contributed by atoms with E-state index in [0.717, 1.165) is 36.6 Å². The summed E-state index contributed by atoms with van der Waals surface area (Å²) in [6, 6.07) is 4.23. The number of nitro groups is 1. The molecule has 15 heteroatoms. The van der Waals surface area contributed by atoms with E-state index in [9.17, 15) is 37.3 Å². The van der Waals surface area contributed by atoms with Crippen molar-refractivity contribution >= 4 is 29.2 Å². The van der Waals surface area contributed by atoms with Crippen molar-refractivity contribution < 1.29 is 36.8 Å². The first-order valence-electron chi connectivity index (χ1n) is 9.44. The Morgan fingerprint density at radius 2 is 1.85 bits per heavy atom. The number of hydrogen-bond donors (Lipinski definition) is 1. The molecule has 0 spiro atoms. The number of piperazine rings is 1. The van der Waals surface area contributed by atoms with E-state index in [1.807, 2.05) is 0 Å². The number of carbonyl (C=O) groups excluding carboxylic acids is 2. The van der Waals surface area contributed by atoms with Gasteiger partial charge in [0.25, 0.3) is 6.26 Å². The maximum absolute atomic E-state index is 13.4. The number of urea groups is 1. The number of ether oxygens (including phenoxy) is 1. The zero-order valence-corrected chi connectivity index (χ0v) is 17.0. The molecule has 0 aliphatic carbocycles. The van der Waals surface area contributed by atoms with Gasteiger partial charge in [0.2, 0.25) is 5.82 Å². The second-order valence-corrected chi connectivity index (χ2v) is 6.87. The molecule has 2 heterocycles. The van der Waals surface area contributed by atoms with Gasteiger partial charge in [0, 0.05) is 37.9 Å². The molecule has 1 saturated heterocycles. The fourth-order valence-corrected chi connectivity index (χ4v) is 3.17. The Morgan fingerprint density at radius 1 is 1.18 bits per heavy atom. The van der Waals surface area contributed by atoms with Gasteiger partial charge in [-0.1, -0.05) is 0 Å². The van der Waals surface area contributed by atoms with Gasteiger partial charge in [0.1, 0.15) is 5.82 Å². The monoisotopic (exact) mass is 482 g/mol. The van der Waals surface area contributed by atoms with Gasteiger partial charge in [0.15, 0.2) is 5.69 Å². The fourth-order valence-electron chi connectivity index (χ4n) is 3.17. The summed E-state index contributed by atoms with van der Waals surface area (Å²) in [5, 5.41) is 21.6. The highest BCUT2D eigenvalue weighted by molar-refractivity contribution is 5.92. The molecule has 1 aromatic carbocycles. The zero-order valence-electron chi connectivity index (χ0n) is 17.0. The van der Waals surface area contributed by atoms with Crippen molar-refractivity contribution in [3.05, 3.63) is 57.5 Å². The van der Waals surface area contributed by atoms with Crippen LogP contribution in [-0.2, 0) is 10.9 Å². The minimum atomic E-state index is -4.99. The van der Waals surface area contributed by atoms with Crippen molar-refractivity contribution in [2.24, 2.45) is 0 Å². The lowest BCUT2D eigenvalue weighted by molar-refractivity contribution is -0.387. The van der Waals surface area contributed by atoms with Gasteiger partial charge in [-0.2, -0.15) is 17.6 Å². The molecule has 3 rings (SSSR count). The molecule has 1 aromatic heterocycles. The standard InChI is InChI=1S/C19H14F4N6O5/c20-13-3-1-11(9-14(13)29(32)33)25-18(31)28-7-5-27(6-8-28)15-4-2-12(17(30)34-10-24)16(26-15)19(21,22)23/h1-4,9H,5-8H2,(H,25,31). The van der Waals surface area contributed by atoms with Crippen molar-refractivity contribution in [1.29, 1.82) is 5.26 Å². The third kappa shape index (κ3) is 5.28. The molecular formula is C19H14F4N6O5. The Hall–Kier alpha value is -4.48. The molecule has 1 aliphatic rings. The van der Waals surface area contributed by atoms with Gasteiger partial charge in [-0.05, 0) is 24.3 Å². The molecule has 0 atom stereocenters. The van der Waals surface area contributed by atoms with Crippen LogP contribution >= 0.6 is 0 Å². The summed E-state index contributed by atoms with van der Waals surface area (Å²) in [4.78, 5) is 40.3. The molecule has 0 unspecified atom stereocenters. The van der Waals surface area contributed by atoms with Crippen LogP contribution in [0.2, 0.25) is 0 Å². The molecule has 2 aromatic rings. The van der Waals surface area contributed by atoms with Crippen LogP contribution in [0.3, 0.4) is 0 Å². The number of benzene rings is 1. The largest absolute Gasteiger partial charge is 0.434 e. The second-order valence-electron chi connectivity index (χ2n) is 6.87. The number of carbonyl (C=O) groups is 2. The first kappa shape index (κ1) is 24.2. The Bertz CT molecular complexity index is 1170. The Morgan fingerprint density at radius 3 is 2.44 bits per heavy atom. The molecule has 178 valence electrons. The molecule has 1 fully saturated rings. The quantitative estimate of drug-likeness (QED) is 0.230. The average molecular weight is 482 g/mol. The lowest BCUT2D eigenvalue weighted by Gasteiger charge is -2.35. The number of rotatable bonds is 4. The maximum atomic E-state index is 13.4. The number of halogens is 4. The molecular weight excluding hydrogens is 468 g/mol. The number of nitrogens with one attached hydrogen (secondary N) is 1. The number of pyridine rings is 1. The fraction of sp³-hybridized carbons (Fsp3) is 0.263. The minimum absolute atomic E-state index is 0.00291. The Kier molecular flexibility index (Phi) is 6.80. The number of amides is 2. The zero-order chi connectivity index (χ0) is 25.0. The number of esters is 1. The van der Waals surface area contributed by atoms with Gasteiger partial charge in [-0.25, -0.2) is 14.6 Å². The highest BCUT2D eigenvalue weighted by atomic mass is 19.4. The molecule has 0 saturated carbocycles. The first-order chi connectivity index (χ1) is 16.0. The van der Waals surface area contributed by atoms with E-state index in [0.29, 0.717) is 0 Å². The summed E-state index contributed by atoms with van der Waals surface area (Å²) in [6.45, 7) is 0.305. The van der Waals surface area contributed by atoms with Crippen molar-refractivity contribution in [2.75, 3.05) is 36.4 Å². The van der Waals surface area contributed by atoms with Crippen LogP contribution in [0.5, 0.6) is 0 Å². The second kappa shape index (κ2) is 9.57. The van der Waals surface area contributed by atoms with Gasteiger partial charge >= 0.3 is 23.9 Å². The van der Waals surface area contributed by atoms with Crippen LogP contribution in [0.1, 0.15) is 16.1 Å². The van der Waals surface area contributed by atoms with E-state index in [2.05, 4.69) is 15.0 Å². The molecule has 0 bridgehead atoms. The summed E-state index contributed by atoms with van der Waals surface area (Å²) >= 11 is 0. The van der Waals surface area contributed by atoms with E-state index >= 15 is 0 Å². The predicted molar refractivity (Wildman–Crippen MR) is 106 cm³/mol. The minimum Gasteiger partial charge on any atom is -0.353 e. The number of nitro benzene ring substituents is 1. The van der Waals surface area contributed by atoms with Crippen LogP contribution in [0.15, 0.2) is 30.3 Å². The number of nitriles is 1. The molecule has 0 radical (unpaired) electrons. The normalized spacial score (nSPS) is 13.7. The summed E-state index contributed by atoms with van der Waals surface area (Å²) in [6.07, 6.45) is -3.97. The van der Waals surface area contributed by atoms with Gasteiger partial charge in [0.05, 0.1) is 10.5 Å². The van der Waals surface area contributed by atoms with Crippen LogP contribution in [0.25, 0.3) is 0 Å². The highest BCUT2D eigenvalue weighted by Gasteiger charge is 2.39. The molecule has 1 N–H and O–H groups in total. The number of alkyl halides is 3. The molecule has 11 nitrogen and oxygen atoms in total. The SMILES string of the molecule is N#COC(=O)c1ccc(N2CCN(C(=O)Nc3ccc(F)c([N+](=O)[O-])c3)CC2)nc1C(F)(F)F. The summed E-state index contributed by atoms with van der Waals surface area (Å²) in [5.41, 5.74) is -3.24. The van der Waals surface area contributed by atoms with E-state index in [1.165, 1.54) is 9.80 Å². The summed E-state index contributed by atoms with van der Waals surface area (Å²) in [5.74, 6) is -2.65. The average Bonchev–Trinajstić information content (AvgIpc) is 2.79. The predicted octanol–water partition coefficient (Wildman–Crippen LogP) is 3.14. The van der Waals surface area contributed by atoms with Gasteiger partial charge in [-0.3, -0.25) is 10.1 Å². The molecule has 1 aliphatic heterocycles. The van der Waals surface area contributed by atoms with Gasteiger partial charge in [-0.15, -0.1) is 5.26 Å². The van der Waals surface area contributed by atoms with Crippen molar-refractivity contribution in [3.63, 3.8) is 0 Å². The lowest BCUT2D eigenvalue weighted by atomic mass is 10.1. The third-order valence-electron chi connectivity index (χ3n) is 4.79. The Balaban J connectivity index is 1.69. The first-order valence-corrected chi connectivity index (χ1v) is 9.44. The number of hydrogen-bond acceptors (Lipinski definition) is 8. The van der Waals surface area contributed by atoms with Crippen LogP contribution in [-0.4, -0.2) is 53.0 Å². The van der Waals surface area contributed by atoms with E-state index in [4.69, 9.17) is 5.26 Å². The van der Waals surface area contributed by atoms with Crippen molar-refractivity contribution in [1.82, 2.24) is 9.88 Å². The van der Waals surface area contributed by atoms with Crippen LogP contribution in [0, 0.1) is 27.4 Å². The van der Waals surface area contributed by atoms with E-state index < -0.39 is 45.9 Å². The van der Waals surface area contributed by atoms with Crippen molar-refractivity contribution in [3.8, 4) is 6.26 Å². The van der Waals surface area contributed by atoms with Crippen LogP contribution < -0.4 is 10.2 Å². The summed E-state index contributed by atoms with van der Waals surface area (Å²) in [7, 11) is 0. The smallest absolute Gasteiger partial charge is 0.353 e. The van der Waals surface area contributed by atoms with E-state index in [-0.39, 0.29) is 37.7 Å². The maximum Gasteiger partial charge on any atom is 0.434 e. The van der Waals surface area contributed by atoms with Crippen molar-refractivity contribution in [2.45, 2.75) is 6.18 Å².